The zero-order chi connectivity index (χ0) is 10.5. The molecule has 0 unspecified atom stereocenters. The smallest absolute Gasteiger partial charge is 0.0987 e. The molecule has 2 nitrogen and oxygen atoms in total. The van der Waals surface area contributed by atoms with Gasteiger partial charge >= 0.3 is 0 Å². The molecule has 2 aromatic carbocycles. The van der Waals surface area contributed by atoms with Crippen molar-refractivity contribution in [2.45, 2.75) is 0 Å². The number of fused-ring (bicyclic) bond motifs is 5. The molecule has 0 aliphatic carbocycles. The van der Waals surface area contributed by atoms with Crippen molar-refractivity contribution in [2.24, 2.45) is 0 Å². The Morgan fingerprint density at radius 2 is 1.06 bits per heavy atom. The highest BCUT2D eigenvalue weighted by molar-refractivity contribution is 6.19. The first-order valence-electron chi connectivity index (χ1n) is 5.17. The number of rotatable bonds is 0. The molecule has 2 heterocycles. The van der Waals surface area contributed by atoms with Gasteiger partial charge in [0.15, 0.2) is 0 Å². The Morgan fingerprint density at radius 3 is 1.62 bits per heavy atom. The fourth-order valence-electron chi connectivity index (χ4n) is 2.32. The largest absolute Gasteiger partial charge is 0.471 e. The minimum absolute atomic E-state index is 1.13. The number of hydrogen-bond acceptors (Lipinski definition) is 2. The first-order valence-corrected chi connectivity index (χ1v) is 5.17. The summed E-state index contributed by atoms with van der Waals surface area (Å²) in [6, 6.07) is 8.37. The second kappa shape index (κ2) is 2.67. The van der Waals surface area contributed by atoms with Crippen LogP contribution in [0.25, 0.3) is 32.3 Å². The predicted octanol–water partition coefficient (Wildman–Crippen LogP) is 4.33. The van der Waals surface area contributed by atoms with E-state index in [0.29, 0.717) is 0 Å². The summed E-state index contributed by atoms with van der Waals surface area (Å²) in [6.45, 7) is 0. The van der Waals surface area contributed by atoms with Gasteiger partial charge in [-0.3, -0.25) is 0 Å². The second-order valence-corrected chi connectivity index (χ2v) is 3.98. The molecule has 0 aliphatic rings. The highest BCUT2D eigenvalue weighted by atomic mass is 16.3. The van der Waals surface area contributed by atoms with Gasteiger partial charge in [-0.2, -0.15) is 0 Å². The Kier molecular flexibility index (Phi) is 1.33. The van der Waals surface area contributed by atoms with Crippen LogP contribution in [-0.2, 0) is 0 Å². The zero-order valence-corrected chi connectivity index (χ0v) is 8.44. The molecule has 2 aromatic heterocycles. The van der Waals surface area contributed by atoms with Gasteiger partial charge in [-0.05, 0) is 5.39 Å². The molecule has 0 N–H and O–H groups in total. The molecule has 0 aliphatic heterocycles. The molecule has 0 saturated carbocycles. The maximum Gasteiger partial charge on any atom is 0.0987 e. The minimum Gasteiger partial charge on any atom is -0.471 e. The van der Waals surface area contributed by atoms with Crippen LogP contribution in [0.3, 0.4) is 0 Å². The maximum absolute atomic E-state index is 5.27. The van der Waals surface area contributed by atoms with Gasteiger partial charge in [0.2, 0.25) is 0 Å². The van der Waals surface area contributed by atoms with Crippen LogP contribution in [0.2, 0.25) is 0 Å². The van der Waals surface area contributed by atoms with E-state index in [2.05, 4.69) is 24.3 Å². The van der Waals surface area contributed by atoms with Gasteiger partial charge in [-0.1, -0.05) is 24.3 Å². The van der Waals surface area contributed by atoms with Gasteiger partial charge in [0.05, 0.1) is 25.1 Å². The third kappa shape index (κ3) is 0.865. The molecule has 0 fully saturated rings. The average molecular weight is 208 g/mol. The molecular formula is C14H8O2. The van der Waals surface area contributed by atoms with E-state index >= 15 is 0 Å². The molecule has 0 atom stereocenters. The van der Waals surface area contributed by atoms with Gasteiger partial charge in [-0.15, -0.1) is 0 Å². The Bertz CT molecular complexity index is 740. The standard InChI is InChI=1S/C14H8O2/c1-3-10-5-15-7-12(10)14-9(1)2-4-11-6-16-8-13(11)14/h1-8H. The van der Waals surface area contributed by atoms with Crippen molar-refractivity contribution in [2.75, 3.05) is 0 Å². The van der Waals surface area contributed by atoms with Crippen molar-refractivity contribution < 1.29 is 8.83 Å². The number of furan rings is 2. The van der Waals surface area contributed by atoms with E-state index in [-0.39, 0.29) is 0 Å². The van der Waals surface area contributed by atoms with E-state index in [1.165, 1.54) is 10.8 Å². The fourth-order valence-corrected chi connectivity index (χ4v) is 2.32. The van der Waals surface area contributed by atoms with Crippen LogP contribution in [-0.4, -0.2) is 0 Å². The van der Waals surface area contributed by atoms with E-state index in [1.54, 1.807) is 25.1 Å². The SMILES string of the molecule is c1cc2ccc3cocc3c2c2cocc12. The van der Waals surface area contributed by atoms with Crippen molar-refractivity contribution in [3.8, 4) is 0 Å². The van der Waals surface area contributed by atoms with Crippen molar-refractivity contribution in [3.05, 3.63) is 49.3 Å². The van der Waals surface area contributed by atoms with Crippen molar-refractivity contribution in [3.63, 3.8) is 0 Å². The first-order chi connectivity index (χ1) is 7.93. The topological polar surface area (TPSA) is 26.3 Å². The van der Waals surface area contributed by atoms with Crippen LogP contribution in [0.5, 0.6) is 0 Å². The lowest BCUT2D eigenvalue weighted by atomic mass is 10.0. The van der Waals surface area contributed by atoms with Gasteiger partial charge in [0.25, 0.3) is 0 Å². The Morgan fingerprint density at radius 1 is 0.562 bits per heavy atom. The Balaban J connectivity index is 2.44. The van der Waals surface area contributed by atoms with Crippen LogP contribution in [0, 0.1) is 0 Å². The normalized spacial score (nSPS) is 11.8. The Labute approximate surface area is 91.1 Å². The van der Waals surface area contributed by atoms with Gasteiger partial charge < -0.3 is 8.83 Å². The van der Waals surface area contributed by atoms with E-state index in [1.807, 2.05) is 0 Å². The number of benzene rings is 2. The second-order valence-electron chi connectivity index (χ2n) is 3.98. The molecule has 4 aromatic rings. The molecular weight excluding hydrogens is 200 g/mol. The predicted molar refractivity (Wildman–Crippen MR) is 63.5 cm³/mol. The van der Waals surface area contributed by atoms with Crippen molar-refractivity contribution in [1.82, 2.24) is 0 Å². The van der Waals surface area contributed by atoms with Gasteiger partial charge in [-0.25, -0.2) is 0 Å². The first kappa shape index (κ1) is 7.99. The molecule has 4 rings (SSSR count). The van der Waals surface area contributed by atoms with Crippen LogP contribution < -0.4 is 0 Å². The summed E-state index contributed by atoms with van der Waals surface area (Å²) in [7, 11) is 0. The summed E-state index contributed by atoms with van der Waals surface area (Å²) in [5.41, 5.74) is 0. The summed E-state index contributed by atoms with van der Waals surface area (Å²) in [5, 5.41) is 6.96. The molecule has 0 radical (unpaired) electrons. The van der Waals surface area contributed by atoms with Crippen LogP contribution in [0.15, 0.2) is 58.2 Å². The third-order valence-corrected chi connectivity index (χ3v) is 3.10. The monoisotopic (exact) mass is 208 g/mol. The molecule has 2 heteroatoms. The van der Waals surface area contributed by atoms with E-state index in [4.69, 9.17) is 8.83 Å². The quantitative estimate of drug-likeness (QED) is 0.430. The summed E-state index contributed by atoms with van der Waals surface area (Å²) >= 11 is 0. The maximum atomic E-state index is 5.27. The molecule has 76 valence electrons. The summed E-state index contributed by atoms with van der Waals surface area (Å²) in [5.74, 6) is 0. The summed E-state index contributed by atoms with van der Waals surface area (Å²) in [4.78, 5) is 0. The highest BCUT2D eigenvalue weighted by Crippen LogP contribution is 2.32. The summed E-state index contributed by atoms with van der Waals surface area (Å²) in [6.07, 6.45) is 7.13. The lowest BCUT2D eigenvalue weighted by molar-refractivity contribution is 0.572. The molecule has 16 heavy (non-hydrogen) atoms. The molecule has 0 saturated heterocycles. The fraction of sp³-hybridized carbons (Fsp3) is 0. The number of hydrogen-bond donors (Lipinski definition) is 0. The van der Waals surface area contributed by atoms with Crippen molar-refractivity contribution in [1.29, 1.82) is 0 Å². The van der Waals surface area contributed by atoms with Gasteiger partial charge in [0, 0.05) is 26.9 Å². The molecule has 0 amide bonds. The Hall–Kier alpha value is -2.22. The molecule has 0 spiro atoms. The van der Waals surface area contributed by atoms with E-state index < -0.39 is 0 Å². The summed E-state index contributed by atoms with van der Waals surface area (Å²) < 4.78 is 10.5. The van der Waals surface area contributed by atoms with Crippen LogP contribution in [0.1, 0.15) is 0 Å². The van der Waals surface area contributed by atoms with E-state index in [0.717, 1.165) is 21.5 Å². The van der Waals surface area contributed by atoms with Crippen molar-refractivity contribution >= 4 is 32.3 Å². The van der Waals surface area contributed by atoms with Crippen LogP contribution >= 0.6 is 0 Å². The zero-order valence-electron chi connectivity index (χ0n) is 8.44. The lowest BCUT2D eigenvalue weighted by Gasteiger charge is -2.00. The minimum atomic E-state index is 1.13. The highest BCUT2D eigenvalue weighted by Gasteiger charge is 2.07. The van der Waals surface area contributed by atoms with Gasteiger partial charge in [0.1, 0.15) is 0 Å². The van der Waals surface area contributed by atoms with E-state index in [9.17, 15) is 0 Å². The average Bonchev–Trinajstić information content (AvgIpc) is 2.96. The lowest BCUT2D eigenvalue weighted by Crippen LogP contribution is -1.74. The van der Waals surface area contributed by atoms with Crippen LogP contribution in [0.4, 0.5) is 0 Å². The third-order valence-electron chi connectivity index (χ3n) is 3.10. The molecule has 0 bridgehead atoms.